The van der Waals surface area contributed by atoms with Gasteiger partial charge < -0.3 is 19.5 Å². The Labute approximate surface area is 193 Å². The Bertz CT molecular complexity index is 1010. The molecule has 0 bridgehead atoms. The highest BCUT2D eigenvalue weighted by Crippen LogP contribution is 2.17. The largest absolute Gasteiger partial charge is 0.383 e. The number of nitrogens with one attached hydrogen (secondary N) is 1. The number of hydrogen-bond acceptors (Lipinski definition) is 4. The summed E-state index contributed by atoms with van der Waals surface area (Å²) in [7, 11) is 1.58. The number of aromatic nitrogens is 1. The number of rotatable bonds is 8. The van der Waals surface area contributed by atoms with E-state index in [1.54, 1.807) is 22.6 Å². The van der Waals surface area contributed by atoms with Gasteiger partial charge in [-0.3, -0.25) is 14.4 Å². The minimum atomic E-state index is -0.539. The fourth-order valence-corrected chi connectivity index (χ4v) is 3.97. The molecule has 1 aliphatic rings. The van der Waals surface area contributed by atoms with Crippen LogP contribution in [0.25, 0.3) is 0 Å². The molecule has 3 rings (SSSR count). The molecule has 1 fully saturated rings. The van der Waals surface area contributed by atoms with E-state index >= 15 is 0 Å². The molecule has 32 heavy (non-hydrogen) atoms. The molecule has 1 aliphatic heterocycles. The van der Waals surface area contributed by atoms with Crippen LogP contribution in [-0.4, -0.2) is 54.6 Å². The van der Waals surface area contributed by atoms with E-state index in [4.69, 9.17) is 16.3 Å². The molecule has 0 radical (unpaired) electrons. The smallest absolute Gasteiger partial charge is 0.259 e. The molecule has 1 saturated heterocycles. The van der Waals surface area contributed by atoms with Crippen LogP contribution in [0.15, 0.2) is 41.5 Å². The average molecular weight is 460 g/mol. The second kappa shape index (κ2) is 11.3. The number of ether oxygens (including phenoxy) is 1. The highest BCUT2D eigenvalue weighted by molar-refractivity contribution is 6.30. The van der Waals surface area contributed by atoms with Gasteiger partial charge in [0.25, 0.3) is 11.8 Å². The van der Waals surface area contributed by atoms with E-state index in [0.29, 0.717) is 50.1 Å². The summed E-state index contributed by atoms with van der Waals surface area (Å²) in [6, 6.07) is 7.40. The summed E-state index contributed by atoms with van der Waals surface area (Å²) in [6.07, 6.45) is 5.42. The molecule has 1 N–H and O–H groups in total. The highest BCUT2D eigenvalue weighted by atomic mass is 35.5. The molecule has 1 aromatic carbocycles. The summed E-state index contributed by atoms with van der Waals surface area (Å²) in [6.45, 7) is 4.57. The third kappa shape index (κ3) is 6.20. The molecule has 0 saturated carbocycles. The molecule has 0 unspecified atom stereocenters. The van der Waals surface area contributed by atoms with Crippen molar-refractivity contribution in [1.29, 1.82) is 0 Å². The predicted molar refractivity (Wildman–Crippen MR) is 124 cm³/mol. The number of piperidine rings is 1. The normalized spacial score (nSPS) is 14.4. The monoisotopic (exact) mass is 459 g/mol. The fourth-order valence-electron chi connectivity index (χ4n) is 3.76. The summed E-state index contributed by atoms with van der Waals surface area (Å²) < 4.78 is 6.80. The van der Waals surface area contributed by atoms with Gasteiger partial charge in [-0.1, -0.05) is 30.7 Å². The van der Waals surface area contributed by atoms with E-state index in [2.05, 4.69) is 12.2 Å². The molecule has 2 aromatic rings. The predicted octanol–water partition coefficient (Wildman–Crippen LogP) is 2.99. The van der Waals surface area contributed by atoms with Crippen molar-refractivity contribution < 1.29 is 14.3 Å². The molecule has 1 aromatic heterocycles. The van der Waals surface area contributed by atoms with Crippen LogP contribution in [0, 0.1) is 5.92 Å². The van der Waals surface area contributed by atoms with Crippen molar-refractivity contribution in [3.63, 3.8) is 0 Å². The van der Waals surface area contributed by atoms with E-state index in [1.165, 1.54) is 12.4 Å². The van der Waals surface area contributed by atoms with Crippen molar-refractivity contribution in [3.05, 3.63) is 68.6 Å². The Morgan fingerprint density at radius 3 is 2.59 bits per heavy atom. The minimum absolute atomic E-state index is 0.0261. The Balaban J connectivity index is 1.78. The van der Waals surface area contributed by atoms with Gasteiger partial charge in [-0.25, -0.2) is 0 Å². The summed E-state index contributed by atoms with van der Waals surface area (Å²) in [5.74, 6) is -0.249. The number of methoxy groups -OCH3 is 1. The first-order chi connectivity index (χ1) is 15.4. The number of pyridine rings is 1. The van der Waals surface area contributed by atoms with Gasteiger partial charge in [0.15, 0.2) is 0 Å². The third-order valence-corrected chi connectivity index (χ3v) is 6.00. The quantitative estimate of drug-likeness (QED) is 0.658. The number of carbonyl (C=O) groups excluding carboxylic acids is 2. The van der Waals surface area contributed by atoms with Crippen molar-refractivity contribution in [2.24, 2.45) is 5.92 Å². The number of carbonyl (C=O) groups is 2. The van der Waals surface area contributed by atoms with Crippen molar-refractivity contribution in [3.8, 4) is 0 Å². The van der Waals surface area contributed by atoms with Crippen molar-refractivity contribution >= 4 is 23.4 Å². The van der Waals surface area contributed by atoms with Gasteiger partial charge in [0.1, 0.15) is 11.1 Å². The van der Waals surface area contributed by atoms with Crippen LogP contribution in [0.4, 0.5) is 0 Å². The Hall–Kier alpha value is -2.64. The standard InChI is InChI=1S/C24H30ClN3O4/c1-17-7-10-28(11-8-17)24(31)21-16-27(12-13-32-2)15-20(22(21)29)23(30)26-9-6-18-4-3-5-19(25)14-18/h3-5,14-17H,6-13H2,1-2H3,(H,26,30). The first-order valence-electron chi connectivity index (χ1n) is 10.9. The number of hydrogen-bond donors (Lipinski definition) is 1. The molecule has 2 heterocycles. The van der Waals surface area contributed by atoms with Gasteiger partial charge in [-0.15, -0.1) is 0 Å². The van der Waals surface area contributed by atoms with E-state index in [1.807, 2.05) is 18.2 Å². The lowest BCUT2D eigenvalue weighted by atomic mass is 9.98. The molecule has 0 spiro atoms. The maximum Gasteiger partial charge on any atom is 0.259 e. The molecule has 8 heteroatoms. The Kier molecular flexibility index (Phi) is 8.47. The Morgan fingerprint density at radius 1 is 1.19 bits per heavy atom. The zero-order chi connectivity index (χ0) is 23.1. The van der Waals surface area contributed by atoms with Gasteiger partial charge >= 0.3 is 0 Å². The lowest BCUT2D eigenvalue weighted by Crippen LogP contribution is -2.41. The van der Waals surface area contributed by atoms with Gasteiger partial charge in [0, 0.05) is 50.7 Å². The number of likely N-dealkylation sites (tertiary alicyclic amines) is 1. The van der Waals surface area contributed by atoms with E-state index in [0.717, 1.165) is 18.4 Å². The molecular weight excluding hydrogens is 430 g/mol. The SMILES string of the molecule is COCCn1cc(C(=O)NCCc2cccc(Cl)c2)c(=O)c(C(=O)N2CCC(C)CC2)c1. The first-order valence-corrected chi connectivity index (χ1v) is 11.3. The topological polar surface area (TPSA) is 80.6 Å². The van der Waals surface area contributed by atoms with E-state index in [9.17, 15) is 14.4 Å². The summed E-state index contributed by atoms with van der Waals surface area (Å²) in [5.41, 5.74) is 0.433. The second-order valence-electron chi connectivity index (χ2n) is 8.26. The van der Waals surface area contributed by atoms with Gasteiger partial charge in [-0.05, 0) is 42.9 Å². The number of amides is 2. The highest BCUT2D eigenvalue weighted by Gasteiger charge is 2.26. The lowest BCUT2D eigenvalue weighted by molar-refractivity contribution is 0.0694. The molecule has 0 aliphatic carbocycles. The van der Waals surface area contributed by atoms with Gasteiger partial charge in [0.2, 0.25) is 5.43 Å². The third-order valence-electron chi connectivity index (χ3n) is 5.77. The molecular formula is C24H30ClN3O4. The maximum atomic E-state index is 13.1. The summed E-state index contributed by atoms with van der Waals surface area (Å²) >= 11 is 6.00. The van der Waals surface area contributed by atoms with Crippen LogP contribution in [0.3, 0.4) is 0 Å². The van der Waals surface area contributed by atoms with Crippen LogP contribution in [-0.2, 0) is 17.7 Å². The molecule has 7 nitrogen and oxygen atoms in total. The summed E-state index contributed by atoms with van der Waals surface area (Å²) in [4.78, 5) is 40.7. The lowest BCUT2D eigenvalue weighted by Gasteiger charge is -2.30. The van der Waals surface area contributed by atoms with Gasteiger partial charge in [-0.2, -0.15) is 0 Å². The number of benzene rings is 1. The van der Waals surface area contributed by atoms with Crippen molar-refractivity contribution in [1.82, 2.24) is 14.8 Å². The van der Waals surface area contributed by atoms with Crippen LogP contribution in [0.1, 0.15) is 46.0 Å². The molecule has 172 valence electrons. The van der Waals surface area contributed by atoms with Crippen molar-refractivity contribution in [2.75, 3.05) is 33.4 Å². The van der Waals surface area contributed by atoms with Crippen molar-refractivity contribution in [2.45, 2.75) is 32.7 Å². The Morgan fingerprint density at radius 2 is 1.91 bits per heavy atom. The molecule has 2 amide bonds. The zero-order valence-corrected chi connectivity index (χ0v) is 19.4. The average Bonchev–Trinajstić information content (AvgIpc) is 2.78. The number of halogens is 1. The van der Waals surface area contributed by atoms with E-state index < -0.39 is 11.3 Å². The second-order valence-corrected chi connectivity index (χ2v) is 8.69. The van der Waals surface area contributed by atoms with Crippen LogP contribution in [0.5, 0.6) is 0 Å². The number of nitrogens with zero attached hydrogens (tertiary/aromatic N) is 2. The van der Waals surface area contributed by atoms with Crippen LogP contribution >= 0.6 is 11.6 Å². The maximum absolute atomic E-state index is 13.1. The van der Waals surface area contributed by atoms with Crippen LogP contribution < -0.4 is 10.7 Å². The van der Waals surface area contributed by atoms with E-state index in [-0.39, 0.29) is 17.0 Å². The van der Waals surface area contributed by atoms with Crippen LogP contribution in [0.2, 0.25) is 5.02 Å². The molecule has 0 atom stereocenters. The van der Waals surface area contributed by atoms with Gasteiger partial charge in [0.05, 0.1) is 6.61 Å². The fraction of sp³-hybridized carbons (Fsp3) is 0.458. The first kappa shape index (κ1) is 24.0. The zero-order valence-electron chi connectivity index (χ0n) is 18.6. The minimum Gasteiger partial charge on any atom is -0.383 e. The summed E-state index contributed by atoms with van der Waals surface area (Å²) in [5, 5.41) is 3.42.